The summed E-state index contributed by atoms with van der Waals surface area (Å²) < 4.78 is 0. The van der Waals surface area contributed by atoms with Crippen molar-refractivity contribution in [3.63, 3.8) is 0 Å². The summed E-state index contributed by atoms with van der Waals surface area (Å²) in [6, 6.07) is 7.76. The lowest BCUT2D eigenvalue weighted by molar-refractivity contribution is 0.112. The fourth-order valence-electron chi connectivity index (χ4n) is 1.29. The van der Waals surface area contributed by atoms with E-state index >= 15 is 0 Å². The predicted octanol–water partition coefficient (Wildman–Crippen LogP) is 3.20. The van der Waals surface area contributed by atoms with Gasteiger partial charge in [0.1, 0.15) is 6.29 Å². The molecule has 0 fully saturated rings. The van der Waals surface area contributed by atoms with Crippen molar-refractivity contribution in [2.45, 2.75) is 24.6 Å². The zero-order valence-corrected chi connectivity index (χ0v) is 10.3. The molecule has 0 unspecified atom stereocenters. The number of aldehydes is 1. The minimum absolute atomic E-state index is 0.560. The van der Waals surface area contributed by atoms with Gasteiger partial charge in [0.25, 0.3) is 0 Å². The van der Waals surface area contributed by atoms with Crippen LogP contribution < -0.4 is 0 Å². The number of hydrogen-bond donors (Lipinski definition) is 0. The Morgan fingerprint density at radius 1 is 1.47 bits per heavy atom. The number of nitriles is 1. The quantitative estimate of drug-likeness (QED) is 0.622. The molecule has 0 N–H and O–H groups in total. The van der Waals surface area contributed by atoms with Crippen molar-refractivity contribution in [2.75, 3.05) is 0 Å². The van der Waals surface area contributed by atoms with Gasteiger partial charge < -0.3 is 0 Å². The van der Waals surface area contributed by atoms with Crippen LogP contribution in [0.2, 0.25) is 0 Å². The summed E-state index contributed by atoms with van der Waals surface area (Å²) >= 11 is 3.34. The van der Waals surface area contributed by atoms with Crippen LogP contribution in [0.15, 0.2) is 18.2 Å². The molecule has 0 spiro atoms. The summed E-state index contributed by atoms with van der Waals surface area (Å²) in [5.41, 5.74) is 1.95. The largest absolute Gasteiger partial charge is 0.298 e. The number of carbonyl (C=O) groups is 1. The average Bonchev–Trinajstić information content (AvgIpc) is 2.28. The SMILES string of the molecule is CC(C)(C#N)c1cc(C=O)cc(CBr)c1. The summed E-state index contributed by atoms with van der Waals surface area (Å²) in [5, 5.41) is 9.71. The van der Waals surface area contributed by atoms with Gasteiger partial charge in [0.05, 0.1) is 11.5 Å². The summed E-state index contributed by atoms with van der Waals surface area (Å²) in [6.45, 7) is 3.68. The van der Waals surface area contributed by atoms with Crippen LogP contribution in [0.5, 0.6) is 0 Å². The van der Waals surface area contributed by atoms with E-state index in [1.165, 1.54) is 0 Å². The van der Waals surface area contributed by atoms with Crippen molar-refractivity contribution in [3.8, 4) is 6.07 Å². The first-order valence-electron chi connectivity index (χ1n) is 4.60. The second kappa shape index (κ2) is 4.59. The minimum Gasteiger partial charge on any atom is -0.298 e. The van der Waals surface area contributed by atoms with Gasteiger partial charge in [-0.2, -0.15) is 5.26 Å². The van der Waals surface area contributed by atoms with E-state index in [4.69, 9.17) is 5.26 Å². The zero-order valence-electron chi connectivity index (χ0n) is 8.75. The highest BCUT2D eigenvalue weighted by Gasteiger charge is 2.20. The number of nitrogens with zero attached hydrogens (tertiary/aromatic N) is 1. The Kier molecular flexibility index (Phi) is 3.65. The van der Waals surface area contributed by atoms with Gasteiger partial charge in [-0.1, -0.05) is 22.0 Å². The third-order valence-corrected chi connectivity index (χ3v) is 2.95. The van der Waals surface area contributed by atoms with Crippen LogP contribution in [-0.4, -0.2) is 6.29 Å². The van der Waals surface area contributed by atoms with Crippen LogP contribution in [0.4, 0.5) is 0 Å². The molecule has 0 amide bonds. The van der Waals surface area contributed by atoms with Gasteiger partial charge in [0, 0.05) is 10.9 Å². The number of alkyl halides is 1. The van der Waals surface area contributed by atoms with Crippen molar-refractivity contribution in [1.29, 1.82) is 5.26 Å². The standard InChI is InChI=1S/C12H12BrNO/c1-12(2,8-14)11-4-9(6-13)3-10(5-11)7-15/h3-5,7H,6H2,1-2H3. The molecular formula is C12H12BrNO. The Balaban J connectivity index is 3.31. The molecule has 3 heteroatoms. The topological polar surface area (TPSA) is 40.9 Å². The average molecular weight is 266 g/mol. The highest BCUT2D eigenvalue weighted by Crippen LogP contribution is 2.25. The maximum absolute atomic E-state index is 10.7. The summed E-state index contributed by atoms with van der Waals surface area (Å²) in [5.74, 6) is 0. The van der Waals surface area contributed by atoms with E-state index in [0.717, 1.165) is 17.4 Å². The highest BCUT2D eigenvalue weighted by atomic mass is 79.9. The molecule has 0 aliphatic carbocycles. The van der Waals surface area contributed by atoms with Gasteiger partial charge in [0.2, 0.25) is 0 Å². The summed E-state index contributed by atoms with van der Waals surface area (Å²) in [4.78, 5) is 10.7. The zero-order chi connectivity index (χ0) is 11.5. The van der Waals surface area contributed by atoms with E-state index in [1.54, 1.807) is 6.07 Å². The van der Waals surface area contributed by atoms with Crippen molar-refractivity contribution in [1.82, 2.24) is 0 Å². The molecule has 0 aliphatic heterocycles. The van der Waals surface area contributed by atoms with Crippen molar-refractivity contribution >= 4 is 22.2 Å². The van der Waals surface area contributed by atoms with Gasteiger partial charge in [-0.3, -0.25) is 4.79 Å². The molecule has 1 aromatic rings. The maximum atomic E-state index is 10.7. The van der Waals surface area contributed by atoms with Gasteiger partial charge in [-0.25, -0.2) is 0 Å². The molecule has 0 atom stereocenters. The highest BCUT2D eigenvalue weighted by molar-refractivity contribution is 9.08. The molecular weight excluding hydrogens is 254 g/mol. The molecule has 1 rings (SSSR count). The Bertz CT molecular complexity index is 418. The molecule has 0 saturated heterocycles. The van der Waals surface area contributed by atoms with Gasteiger partial charge in [0.15, 0.2) is 0 Å². The van der Waals surface area contributed by atoms with E-state index < -0.39 is 5.41 Å². The van der Waals surface area contributed by atoms with Crippen LogP contribution in [0.3, 0.4) is 0 Å². The molecule has 0 saturated carbocycles. The number of halogens is 1. The normalized spacial score (nSPS) is 10.8. The number of rotatable bonds is 3. The molecule has 0 radical (unpaired) electrons. The van der Waals surface area contributed by atoms with Crippen LogP contribution in [0.1, 0.15) is 35.3 Å². The molecule has 0 aromatic heterocycles. The van der Waals surface area contributed by atoms with E-state index in [9.17, 15) is 4.79 Å². The molecule has 2 nitrogen and oxygen atoms in total. The lowest BCUT2D eigenvalue weighted by Gasteiger charge is -2.17. The Hall–Kier alpha value is -1.14. The third-order valence-electron chi connectivity index (χ3n) is 2.31. The Morgan fingerprint density at radius 3 is 2.60 bits per heavy atom. The van der Waals surface area contributed by atoms with Gasteiger partial charge >= 0.3 is 0 Å². The molecule has 0 bridgehead atoms. The van der Waals surface area contributed by atoms with Crippen LogP contribution in [0, 0.1) is 11.3 Å². The van der Waals surface area contributed by atoms with Crippen molar-refractivity contribution in [2.24, 2.45) is 0 Å². The number of carbonyl (C=O) groups excluding carboxylic acids is 1. The number of benzene rings is 1. The van der Waals surface area contributed by atoms with Crippen LogP contribution >= 0.6 is 15.9 Å². The van der Waals surface area contributed by atoms with Crippen LogP contribution in [-0.2, 0) is 10.7 Å². The third kappa shape index (κ3) is 2.66. The second-order valence-corrected chi connectivity index (χ2v) is 4.51. The lowest BCUT2D eigenvalue weighted by atomic mass is 9.85. The molecule has 0 aliphatic rings. The first-order chi connectivity index (χ1) is 7.03. The molecule has 0 heterocycles. The van der Waals surface area contributed by atoms with E-state index in [-0.39, 0.29) is 0 Å². The van der Waals surface area contributed by atoms with Gasteiger partial charge in [-0.05, 0) is 37.1 Å². The smallest absolute Gasteiger partial charge is 0.150 e. The van der Waals surface area contributed by atoms with E-state index in [1.807, 2.05) is 26.0 Å². The fourth-order valence-corrected chi connectivity index (χ4v) is 1.61. The summed E-state index contributed by atoms with van der Waals surface area (Å²) in [7, 11) is 0. The monoisotopic (exact) mass is 265 g/mol. The molecule has 78 valence electrons. The minimum atomic E-state index is -0.560. The Morgan fingerprint density at radius 2 is 2.13 bits per heavy atom. The predicted molar refractivity (Wildman–Crippen MR) is 63.1 cm³/mol. The fraction of sp³-hybridized carbons (Fsp3) is 0.333. The number of hydrogen-bond acceptors (Lipinski definition) is 2. The van der Waals surface area contributed by atoms with E-state index in [0.29, 0.717) is 10.9 Å². The maximum Gasteiger partial charge on any atom is 0.150 e. The lowest BCUT2D eigenvalue weighted by Crippen LogP contribution is -2.14. The Labute approximate surface area is 98.0 Å². The second-order valence-electron chi connectivity index (χ2n) is 3.95. The van der Waals surface area contributed by atoms with Crippen molar-refractivity contribution < 1.29 is 4.79 Å². The van der Waals surface area contributed by atoms with Crippen LogP contribution in [0.25, 0.3) is 0 Å². The first-order valence-corrected chi connectivity index (χ1v) is 5.72. The van der Waals surface area contributed by atoms with E-state index in [2.05, 4.69) is 22.0 Å². The molecule has 1 aromatic carbocycles. The summed E-state index contributed by atoms with van der Waals surface area (Å²) in [6.07, 6.45) is 0.809. The first kappa shape index (κ1) is 11.9. The van der Waals surface area contributed by atoms with Crippen molar-refractivity contribution in [3.05, 3.63) is 34.9 Å². The van der Waals surface area contributed by atoms with Gasteiger partial charge in [-0.15, -0.1) is 0 Å². The molecule has 15 heavy (non-hydrogen) atoms.